The molecule has 2 N–H and O–H groups in total. The van der Waals surface area contributed by atoms with Crippen LogP contribution >= 0.6 is 11.3 Å². The van der Waals surface area contributed by atoms with Crippen LogP contribution in [0.4, 0.5) is 5.13 Å². The topological polar surface area (TPSA) is 66.9 Å². The summed E-state index contributed by atoms with van der Waals surface area (Å²) in [5, 5.41) is 14.9. The minimum Gasteiger partial charge on any atom is -0.360 e. The Labute approximate surface area is 122 Å². The van der Waals surface area contributed by atoms with Crippen LogP contribution in [-0.2, 0) is 6.54 Å². The molecule has 5 nitrogen and oxygen atoms in total. The van der Waals surface area contributed by atoms with E-state index < -0.39 is 0 Å². The Morgan fingerprint density at radius 3 is 2.95 bits per heavy atom. The number of amides is 1. The van der Waals surface area contributed by atoms with Gasteiger partial charge in [-0.15, -0.1) is 10.2 Å². The fourth-order valence-corrected chi connectivity index (χ4v) is 2.38. The van der Waals surface area contributed by atoms with Crippen molar-refractivity contribution < 1.29 is 4.79 Å². The first-order chi connectivity index (χ1) is 9.69. The molecule has 0 fully saturated rings. The molecule has 2 rings (SSSR count). The van der Waals surface area contributed by atoms with Crippen LogP contribution in [0.25, 0.3) is 0 Å². The molecule has 0 spiro atoms. The quantitative estimate of drug-likeness (QED) is 0.858. The van der Waals surface area contributed by atoms with Crippen molar-refractivity contribution in [3.05, 3.63) is 40.4 Å². The molecule has 6 heteroatoms. The molecule has 1 aromatic carbocycles. The highest BCUT2D eigenvalue weighted by molar-refractivity contribution is 7.17. The van der Waals surface area contributed by atoms with Crippen LogP contribution < -0.4 is 10.6 Å². The first kappa shape index (κ1) is 14.5. The number of aromatic nitrogens is 2. The zero-order valence-electron chi connectivity index (χ0n) is 11.6. The lowest BCUT2D eigenvalue weighted by Gasteiger charge is -2.03. The van der Waals surface area contributed by atoms with Crippen LogP contribution in [0.5, 0.6) is 0 Å². The molecular weight excluding hydrogens is 272 g/mol. The van der Waals surface area contributed by atoms with Crippen molar-refractivity contribution in [2.24, 2.45) is 0 Å². The van der Waals surface area contributed by atoms with Gasteiger partial charge in [-0.3, -0.25) is 4.79 Å². The van der Waals surface area contributed by atoms with Crippen LogP contribution in [-0.4, -0.2) is 22.6 Å². The molecule has 1 amide bonds. The van der Waals surface area contributed by atoms with Crippen molar-refractivity contribution in [3.8, 4) is 0 Å². The molecule has 0 atom stereocenters. The number of anilines is 1. The van der Waals surface area contributed by atoms with Gasteiger partial charge >= 0.3 is 0 Å². The van der Waals surface area contributed by atoms with Crippen LogP contribution in [0.2, 0.25) is 0 Å². The Morgan fingerprint density at radius 1 is 1.35 bits per heavy atom. The van der Waals surface area contributed by atoms with Crippen LogP contribution in [0.3, 0.4) is 0 Å². The summed E-state index contributed by atoms with van der Waals surface area (Å²) in [5.74, 6) is -0.187. The Kier molecular flexibility index (Phi) is 5.06. The molecular formula is C14H18N4OS. The van der Waals surface area contributed by atoms with E-state index in [0.717, 1.165) is 18.5 Å². The standard InChI is InChI=1S/C14H18N4OS/c1-3-7-15-14-18-17-13(20-14)12(19)16-9-11-6-4-5-10(2)8-11/h4-6,8H,3,7,9H2,1-2H3,(H,15,18)(H,16,19). The summed E-state index contributed by atoms with van der Waals surface area (Å²) in [6.07, 6.45) is 1.01. The smallest absolute Gasteiger partial charge is 0.282 e. The number of carbonyl (C=O) groups excluding carboxylic acids is 1. The lowest BCUT2D eigenvalue weighted by Crippen LogP contribution is -2.22. The molecule has 0 unspecified atom stereocenters. The van der Waals surface area contributed by atoms with Gasteiger partial charge in [-0.1, -0.05) is 48.1 Å². The zero-order chi connectivity index (χ0) is 14.4. The van der Waals surface area contributed by atoms with Crippen molar-refractivity contribution in [2.75, 3.05) is 11.9 Å². The van der Waals surface area contributed by atoms with E-state index in [4.69, 9.17) is 0 Å². The van der Waals surface area contributed by atoms with Crippen LogP contribution in [0, 0.1) is 6.92 Å². The van der Waals surface area contributed by atoms with Gasteiger partial charge in [-0.05, 0) is 18.9 Å². The van der Waals surface area contributed by atoms with Crippen LogP contribution in [0.15, 0.2) is 24.3 Å². The number of carbonyl (C=O) groups is 1. The summed E-state index contributed by atoms with van der Waals surface area (Å²) in [6, 6.07) is 8.05. The molecule has 2 aromatic rings. The number of hydrogen-bond donors (Lipinski definition) is 2. The number of nitrogens with one attached hydrogen (secondary N) is 2. The molecule has 106 valence electrons. The molecule has 0 saturated heterocycles. The average Bonchev–Trinajstić information content (AvgIpc) is 2.91. The fraction of sp³-hybridized carbons (Fsp3) is 0.357. The third-order valence-electron chi connectivity index (χ3n) is 2.68. The van der Waals surface area contributed by atoms with Gasteiger partial charge in [0.1, 0.15) is 0 Å². The number of benzene rings is 1. The average molecular weight is 290 g/mol. The maximum absolute atomic E-state index is 12.0. The van der Waals surface area contributed by atoms with Gasteiger partial charge in [-0.25, -0.2) is 0 Å². The fourth-order valence-electron chi connectivity index (χ4n) is 1.70. The summed E-state index contributed by atoms with van der Waals surface area (Å²) < 4.78 is 0. The van der Waals surface area contributed by atoms with Crippen molar-refractivity contribution in [2.45, 2.75) is 26.8 Å². The maximum atomic E-state index is 12.0. The highest BCUT2D eigenvalue weighted by Crippen LogP contribution is 2.15. The predicted molar refractivity (Wildman–Crippen MR) is 81.0 cm³/mol. The molecule has 1 heterocycles. The highest BCUT2D eigenvalue weighted by Gasteiger charge is 2.12. The Bertz CT molecular complexity index is 582. The van der Waals surface area contributed by atoms with E-state index in [1.165, 1.54) is 16.9 Å². The van der Waals surface area contributed by atoms with Gasteiger partial charge in [0, 0.05) is 13.1 Å². The van der Waals surface area contributed by atoms with Gasteiger partial charge < -0.3 is 10.6 Å². The number of rotatable bonds is 6. The van der Waals surface area contributed by atoms with E-state index in [2.05, 4.69) is 33.8 Å². The second-order valence-electron chi connectivity index (χ2n) is 4.51. The molecule has 1 aromatic heterocycles. The number of nitrogens with zero attached hydrogens (tertiary/aromatic N) is 2. The summed E-state index contributed by atoms with van der Waals surface area (Å²) in [6.45, 7) is 5.43. The minimum atomic E-state index is -0.187. The van der Waals surface area contributed by atoms with E-state index in [0.29, 0.717) is 16.7 Å². The van der Waals surface area contributed by atoms with Gasteiger partial charge in [-0.2, -0.15) is 0 Å². The van der Waals surface area contributed by atoms with E-state index in [1.807, 2.05) is 25.1 Å². The number of hydrogen-bond acceptors (Lipinski definition) is 5. The van der Waals surface area contributed by atoms with Crippen molar-refractivity contribution in [1.82, 2.24) is 15.5 Å². The largest absolute Gasteiger partial charge is 0.360 e. The Morgan fingerprint density at radius 2 is 2.20 bits per heavy atom. The van der Waals surface area contributed by atoms with Crippen molar-refractivity contribution >= 4 is 22.4 Å². The van der Waals surface area contributed by atoms with E-state index >= 15 is 0 Å². The SMILES string of the molecule is CCCNc1nnc(C(=O)NCc2cccc(C)c2)s1. The normalized spacial score (nSPS) is 10.3. The molecule has 0 bridgehead atoms. The predicted octanol–water partition coefficient (Wildman–Crippen LogP) is 2.60. The third-order valence-corrected chi connectivity index (χ3v) is 3.56. The second kappa shape index (κ2) is 7.00. The Hall–Kier alpha value is -1.95. The highest BCUT2D eigenvalue weighted by atomic mass is 32.1. The molecule has 0 aliphatic rings. The molecule has 0 radical (unpaired) electrons. The third kappa shape index (κ3) is 4.03. The number of aryl methyl sites for hydroxylation is 1. The molecule has 0 aliphatic heterocycles. The second-order valence-corrected chi connectivity index (χ2v) is 5.49. The molecule has 20 heavy (non-hydrogen) atoms. The summed E-state index contributed by atoms with van der Waals surface area (Å²) in [5.41, 5.74) is 2.26. The van der Waals surface area contributed by atoms with E-state index in [-0.39, 0.29) is 5.91 Å². The van der Waals surface area contributed by atoms with Gasteiger partial charge in [0.2, 0.25) is 10.1 Å². The van der Waals surface area contributed by atoms with Crippen molar-refractivity contribution in [3.63, 3.8) is 0 Å². The van der Waals surface area contributed by atoms with Crippen molar-refractivity contribution in [1.29, 1.82) is 0 Å². The Balaban J connectivity index is 1.90. The monoisotopic (exact) mass is 290 g/mol. The molecule has 0 saturated carbocycles. The summed E-state index contributed by atoms with van der Waals surface area (Å²) in [7, 11) is 0. The van der Waals surface area contributed by atoms with E-state index in [1.54, 1.807) is 0 Å². The lowest BCUT2D eigenvalue weighted by atomic mass is 10.1. The maximum Gasteiger partial charge on any atom is 0.282 e. The zero-order valence-corrected chi connectivity index (χ0v) is 12.5. The lowest BCUT2D eigenvalue weighted by molar-refractivity contribution is 0.0950. The van der Waals surface area contributed by atoms with Gasteiger partial charge in [0.15, 0.2) is 0 Å². The molecule has 0 aliphatic carbocycles. The summed E-state index contributed by atoms with van der Waals surface area (Å²) >= 11 is 1.27. The van der Waals surface area contributed by atoms with Gasteiger partial charge in [0.05, 0.1) is 0 Å². The van der Waals surface area contributed by atoms with E-state index in [9.17, 15) is 4.79 Å². The first-order valence-corrected chi connectivity index (χ1v) is 7.42. The van der Waals surface area contributed by atoms with Crippen LogP contribution in [0.1, 0.15) is 34.3 Å². The first-order valence-electron chi connectivity index (χ1n) is 6.60. The minimum absolute atomic E-state index is 0.187. The summed E-state index contributed by atoms with van der Waals surface area (Å²) in [4.78, 5) is 12.0. The van der Waals surface area contributed by atoms with Gasteiger partial charge in [0.25, 0.3) is 5.91 Å².